The van der Waals surface area contributed by atoms with Gasteiger partial charge in [-0.25, -0.2) is 4.79 Å². The van der Waals surface area contributed by atoms with Crippen LogP contribution in [0.3, 0.4) is 0 Å². The number of carboxylic acids is 1. The predicted molar refractivity (Wildman–Crippen MR) is 75.4 cm³/mol. The van der Waals surface area contributed by atoms with Crippen molar-refractivity contribution in [1.29, 1.82) is 0 Å². The second-order valence-electron chi connectivity index (χ2n) is 4.93. The van der Waals surface area contributed by atoms with Gasteiger partial charge in [-0.1, -0.05) is 50.8 Å². The molecule has 2 heteroatoms. The minimum atomic E-state index is -0.780. The Labute approximate surface area is 110 Å². The number of rotatable bonds is 7. The average Bonchev–Trinajstić information content (AvgIpc) is 2.33. The standard InChI is InChI=1S/C16H24O2/c1-4-6-7-8-9-14-11-12(3)10-13(5-2)15(14)16(17)18/h10-11H,4-9H2,1-3H3,(H,17,18). The Hall–Kier alpha value is -1.31. The summed E-state index contributed by atoms with van der Waals surface area (Å²) in [6, 6.07) is 4.04. The number of unbranched alkanes of at least 4 members (excludes halogenated alkanes) is 3. The van der Waals surface area contributed by atoms with Crippen molar-refractivity contribution in [3.8, 4) is 0 Å². The molecule has 0 aromatic heterocycles. The van der Waals surface area contributed by atoms with Gasteiger partial charge in [0.25, 0.3) is 0 Å². The molecule has 1 rings (SSSR count). The van der Waals surface area contributed by atoms with Gasteiger partial charge in [-0.05, 0) is 37.3 Å². The van der Waals surface area contributed by atoms with Gasteiger partial charge in [-0.3, -0.25) is 0 Å². The number of hydrogen-bond donors (Lipinski definition) is 1. The molecule has 0 aliphatic carbocycles. The summed E-state index contributed by atoms with van der Waals surface area (Å²) in [5.41, 5.74) is 3.69. The molecular formula is C16H24O2. The van der Waals surface area contributed by atoms with Crippen LogP contribution in [0.2, 0.25) is 0 Å². The SMILES string of the molecule is CCCCCCc1cc(C)cc(CC)c1C(=O)O. The van der Waals surface area contributed by atoms with Gasteiger partial charge in [-0.2, -0.15) is 0 Å². The van der Waals surface area contributed by atoms with Gasteiger partial charge in [0, 0.05) is 0 Å². The fourth-order valence-corrected chi connectivity index (χ4v) is 2.43. The van der Waals surface area contributed by atoms with Crippen molar-refractivity contribution in [1.82, 2.24) is 0 Å². The number of aryl methyl sites for hydroxylation is 3. The fraction of sp³-hybridized carbons (Fsp3) is 0.562. The Bertz CT molecular complexity index is 408. The second kappa shape index (κ2) is 7.20. The van der Waals surface area contributed by atoms with Crippen LogP contribution in [0.25, 0.3) is 0 Å². The molecular weight excluding hydrogens is 224 g/mol. The van der Waals surface area contributed by atoms with Gasteiger partial charge in [0.05, 0.1) is 5.56 Å². The van der Waals surface area contributed by atoms with Crippen molar-refractivity contribution in [2.75, 3.05) is 0 Å². The summed E-state index contributed by atoms with van der Waals surface area (Å²) < 4.78 is 0. The zero-order chi connectivity index (χ0) is 13.5. The smallest absolute Gasteiger partial charge is 0.336 e. The van der Waals surface area contributed by atoms with E-state index in [0.29, 0.717) is 5.56 Å². The molecule has 0 fully saturated rings. The summed E-state index contributed by atoms with van der Waals surface area (Å²) in [7, 11) is 0. The maximum absolute atomic E-state index is 11.4. The first-order valence-electron chi connectivity index (χ1n) is 6.95. The van der Waals surface area contributed by atoms with E-state index >= 15 is 0 Å². The van der Waals surface area contributed by atoms with E-state index in [1.807, 2.05) is 26.0 Å². The highest BCUT2D eigenvalue weighted by molar-refractivity contribution is 5.91. The molecule has 0 atom stereocenters. The lowest BCUT2D eigenvalue weighted by atomic mass is 9.93. The lowest BCUT2D eigenvalue weighted by molar-refractivity contribution is 0.0694. The molecule has 1 aromatic carbocycles. The molecule has 1 aromatic rings. The monoisotopic (exact) mass is 248 g/mol. The summed E-state index contributed by atoms with van der Waals surface area (Å²) in [5, 5.41) is 9.37. The summed E-state index contributed by atoms with van der Waals surface area (Å²) in [6.07, 6.45) is 6.38. The average molecular weight is 248 g/mol. The third-order valence-corrected chi connectivity index (χ3v) is 3.34. The maximum atomic E-state index is 11.4. The first-order chi connectivity index (χ1) is 8.60. The van der Waals surface area contributed by atoms with E-state index in [1.54, 1.807) is 0 Å². The fourth-order valence-electron chi connectivity index (χ4n) is 2.43. The summed E-state index contributed by atoms with van der Waals surface area (Å²) in [6.45, 7) is 6.24. The molecule has 0 aliphatic rings. The van der Waals surface area contributed by atoms with Crippen LogP contribution in [0.4, 0.5) is 0 Å². The van der Waals surface area contributed by atoms with Crippen LogP contribution in [0.5, 0.6) is 0 Å². The largest absolute Gasteiger partial charge is 0.478 e. The van der Waals surface area contributed by atoms with E-state index in [0.717, 1.165) is 30.4 Å². The van der Waals surface area contributed by atoms with Crippen LogP contribution in [0, 0.1) is 6.92 Å². The third-order valence-electron chi connectivity index (χ3n) is 3.34. The molecule has 1 N–H and O–H groups in total. The number of carboxylic acid groups (broad SMARTS) is 1. The number of benzene rings is 1. The lowest BCUT2D eigenvalue weighted by Crippen LogP contribution is -2.08. The minimum Gasteiger partial charge on any atom is -0.478 e. The van der Waals surface area contributed by atoms with Crippen LogP contribution in [-0.4, -0.2) is 11.1 Å². The molecule has 0 aliphatic heterocycles. The predicted octanol–water partition coefficient (Wildman–Crippen LogP) is 4.38. The summed E-state index contributed by atoms with van der Waals surface area (Å²) in [4.78, 5) is 11.4. The number of hydrogen-bond acceptors (Lipinski definition) is 1. The molecule has 0 unspecified atom stereocenters. The number of carbonyl (C=O) groups is 1. The van der Waals surface area contributed by atoms with E-state index < -0.39 is 5.97 Å². The molecule has 0 saturated carbocycles. The minimum absolute atomic E-state index is 0.541. The zero-order valence-corrected chi connectivity index (χ0v) is 11.8. The topological polar surface area (TPSA) is 37.3 Å². The first kappa shape index (κ1) is 14.7. The van der Waals surface area contributed by atoms with Crippen LogP contribution in [-0.2, 0) is 12.8 Å². The van der Waals surface area contributed by atoms with E-state index in [2.05, 4.69) is 6.92 Å². The summed E-state index contributed by atoms with van der Waals surface area (Å²) in [5.74, 6) is -0.780. The van der Waals surface area contributed by atoms with Crippen molar-refractivity contribution in [3.63, 3.8) is 0 Å². The molecule has 0 saturated heterocycles. The van der Waals surface area contributed by atoms with Gasteiger partial charge in [0.1, 0.15) is 0 Å². The highest BCUT2D eigenvalue weighted by Gasteiger charge is 2.14. The lowest BCUT2D eigenvalue weighted by Gasteiger charge is -2.12. The Morgan fingerprint density at radius 2 is 1.78 bits per heavy atom. The molecule has 0 spiro atoms. The molecule has 100 valence electrons. The molecule has 0 bridgehead atoms. The Balaban J connectivity index is 2.93. The highest BCUT2D eigenvalue weighted by Crippen LogP contribution is 2.21. The van der Waals surface area contributed by atoms with Crippen molar-refractivity contribution < 1.29 is 9.90 Å². The molecule has 0 amide bonds. The molecule has 18 heavy (non-hydrogen) atoms. The highest BCUT2D eigenvalue weighted by atomic mass is 16.4. The zero-order valence-electron chi connectivity index (χ0n) is 11.8. The Morgan fingerprint density at radius 1 is 1.11 bits per heavy atom. The van der Waals surface area contributed by atoms with Crippen LogP contribution < -0.4 is 0 Å². The van der Waals surface area contributed by atoms with Crippen molar-refractivity contribution >= 4 is 5.97 Å². The van der Waals surface area contributed by atoms with Gasteiger partial charge in [0.2, 0.25) is 0 Å². The van der Waals surface area contributed by atoms with Crippen molar-refractivity contribution in [2.24, 2.45) is 0 Å². The van der Waals surface area contributed by atoms with Crippen molar-refractivity contribution in [3.05, 3.63) is 34.4 Å². The third kappa shape index (κ3) is 3.86. The van der Waals surface area contributed by atoms with E-state index in [-0.39, 0.29) is 0 Å². The normalized spacial score (nSPS) is 10.6. The summed E-state index contributed by atoms with van der Waals surface area (Å²) >= 11 is 0. The van der Waals surface area contributed by atoms with Crippen molar-refractivity contribution in [2.45, 2.75) is 59.3 Å². The Kier molecular flexibility index (Phi) is 5.90. The van der Waals surface area contributed by atoms with E-state index in [4.69, 9.17) is 0 Å². The van der Waals surface area contributed by atoms with Crippen LogP contribution in [0.1, 0.15) is 66.6 Å². The Morgan fingerprint density at radius 3 is 2.33 bits per heavy atom. The van der Waals surface area contributed by atoms with Gasteiger partial charge in [-0.15, -0.1) is 0 Å². The first-order valence-corrected chi connectivity index (χ1v) is 6.95. The van der Waals surface area contributed by atoms with E-state index in [9.17, 15) is 9.90 Å². The molecule has 0 heterocycles. The number of aromatic carboxylic acids is 1. The van der Waals surface area contributed by atoms with Gasteiger partial charge in [0.15, 0.2) is 0 Å². The molecule has 2 nitrogen and oxygen atoms in total. The van der Waals surface area contributed by atoms with E-state index in [1.165, 1.54) is 24.8 Å². The second-order valence-corrected chi connectivity index (χ2v) is 4.93. The van der Waals surface area contributed by atoms with Gasteiger partial charge >= 0.3 is 5.97 Å². The maximum Gasteiger partial charge on any atom is 0.336 e. The molecule has 0 radical (unpaired) electrons. The van der Waals surface area contributed by atoms with Gasteiger partial charge < -0.3 is 5.11 Å². The quantitative estimate of drug-likeness (QED) is 0.727. The van der Waals surface area contributed by atoms with Crippen LogP contribution >= 0.6 is 0 Å². The van der Waals surface area contributed by atoms with Crippen LogP contribution in [0.15, 0.2) is 12.1 Å².